The lowest BCUT2D eigenvalue weighted by Crippen LogP contribution is -2.49. The van der Waals surface area contributed by atoms with Crippen LogP contribution in [-0.2, 0) is 0 Å². The Morgan fingerprint density at radius 2 is 2.13 bits per heavy atom. The van der Waals surface area contributed by atoms with Crippen LogP contribution in [0, 0.1) is 18.3 Å². The third-order valence-electron chi connectivity index (χ3n) is 5.18. The Hall–Kier alpha value is -3.73. The average Bonchev–Trinajstić information content (AvgIpc) is 3.21. The highest BCUT2D eigenvalue weighted by molar-refractivity contribution is 6.00. The summed E-state index contributed by atoms with van der Waals surface area (Å²) >= 11 is 0. The number of likely N-dealkylation sites (tertiary alicyclic amines) is 1. The van der Waals surface area contributed by atoms with Gasteiger partial charge in [-0.15, -0.1) is 0 Å². The molecule has 152 valence electrons. The van der Waals surface area contributed by atoms with E-state index in [2.05, 4.69) is 21.2 Å². The van der Waals surface area contributed by atoms with Crippen LogP contribution in [0.2, 0.25) is 0 Å². The summed E-state index contributed by atoms with van der Waals surface area (Å²) in [5, 5.41) is 13.0. The number of nitriles is 1. The van der Waals surface area contributed by atoms with Gasteiger partial charge < -0.3 is 14.2 Å². The number of pyridine rings is 1. The van der Waals surface area contributed by atoms with E-state index in [4.69, 9.17) is 14.5 Å². The molecular weight excluding hydrogens is 382 g/mol. The van der Waals surface area contributed by atoms with Crippen LogP contribution in [0.4, 0.5) is 0 Å². The maximum atomic E-state index is 13.4. The Balaban J connectivity index is 1.56. The molecule has 0 saturated carbocycles. The Kier molecular flexibility index (Phi) is 5.44. The molecule has 0 bridgehead atoms. The predicted molar refractivity (Wildman–Crippen MR) is 108 cm³/mol. The topological polar surface area (TPSA) is 105 Å². The molecule has 4 rings (SSSR count). The van der Waals surface area contributed by atoms with Gasteiger partial charge in [-0.3, -0.25) is 4.79 Å². The van der Waals surface area contributed by atoms with Gasteiger partial charge in [0.05, 0.1) is 23.7 Å². The molecular formula is C22H21N5O3. The van der Waals surface area contributed by atoms with E-state index in [-0.39, 0.29) is 18.1 Å². The minimum atomic E-state index is -0.203. The summed E-state index contributed by atoms with van der Waals surface area (Å²) in [5.74, 6) is 1.13. The highest BCUT2D eigenvalue weighted by Gasteiger charge is 2.32. The summed E-state index contributed by atoms with van der Waals surface area (Å²) in [7, 11) is 0. The first-order chi connectivity index (χ1) is 14.5. The van der Waals surface area contributed by atoms with Gasteiger partial charge in [-0.25, -0.2) is 4.98 Å². The van der Waals surface area contributed by atoms with Gasteiger partial charge in [0, 0.05) is 30.8 Å². The quantitative estimate of drug-likeness (QED) is 0.657. The van der Waals surface area contributed by atoms with Crippen LogP contribution in [0.5, 0.6) is 5.88 Å². The average molecular weight is 403 g/mol. The summed E-state index contributed by atoms with van der Waals surface area (Å²) in [6.07, 6.45) is 2.95. The molecule has 0 N–H and O–H groups in total. The first-order valence-electron chi connectivity index (χ1n) is 9.78. The van der Waals surface area contributed by atoms with Crippen molar-refractivity contribution in [2.75, 3.05) is 6.54 Å². The van der Waals surface area contributed by atoms with Crippen molar-refractivity contribution in [1.29, 1.82) is 5.26 Å². The lowest BCUT2D eigenvalue weighted by atomic mass is 9.98. The third kappa shape index (κ3) is 4.01. The van der Waals surface area contributed by atoms with Crippen molar-refractivity contribution in [3.05, 3.63) is 59.6 Å². The highest BCUT2D eigenvalue weighted by atomic mass is 16.5. The Morgan fingerprint density at radius 3 is 2.90 bits per heavy atom. The number of nitrogens with zero attached hydrogens (tertiary/aromatic N) is 5. The third-order valence-corrected chi connectivity index (χ3v) is 5.18. The minimum absolute atomic E-state index is 0.0656. The first kappa shape index (κ1) is 19.6. The van der Waals surface area contributed by atoms with Gasteiger partial charge in [-0.05, 0) is 31.9 Å². The van der Waals surface area contributed by atoms with Crippen LogP contribution in [0.15, 0.2) is 47.1 Å². The molecule has 3 heterocycles. The molecule has 8 heteroatoms. The van der Waals surface area contributed by atoms with Crippen molar-refractivity contribution in [2.45, 2.75) is 38.8 Å². The molecule has 1 aliphatic heterocycles. The monoisotopic (exact) mass is 403 g/mol. The first-order valence-corrected chi connectivity index (χ1v) is 9.78. The van der Waals surface area contributed by atoms with Crippen LogP contribution >= 0.6 is 0 Å². The fourth-order valence-electron chi connectivity index (χ4n) is 3.59. The van der Waals surface area contributed by atoms with Crippen molar-refractivity contribution >= 4 is 5.91 Å². The van der Waals surface area contributed by atoms with E-state index in [9.17, 15) is 4.79 Å². The molecule has 2 atom stereocenters. The maximum Gasteiger partial charge on any atom is 0.254 e. The van der Waals surface area contributed by atoms with E-state index in [1.807, 2.05) is 30.0 Å². The lowest BCUT2D eigenvalue weighted by molar-refractivity contribution is 0.0373. The number of aryl methyl sites for hydroxylation is 1. The Labute approximate surface area is 174 Å². The maximum absolute atomic E-state index is 13.4. The van der Waals surface area contributed by atoms with Gasteiger partial charge in [0.2, 0.25) is 17.6 Å². The number of piperidine rings is 1. The van der Waals surface area contributed by atoms with Gasteiger partial charge in [0.25, 0.3) is 5.91 Å². The van der Waals surface area contributed by atoms with E-state index < -0.39 is 0 Å². The van der Waals surface area contributed by atoms with Crippen molar-refractivity contribution in [2.24, 2.45) is 0 Å². The second-order valence-corrected chi connectivity index (χ2v) is 7.30. The number of rotatable bonds is 4. The SMILES string of the molecule is Cc1nc(-c2ccccc2C(=O)N2CC(Oc3cc(C#N)ccn3)CCC2C)no1. The fourth-order valence-corrected chi connectivity index (χ4v) is 3.59. The Bertz CT molecular complexity index is 1100. The summed E-state index contributed by atoms with van der Waals surface area (Å²) in [5.41, 5.74) is 1.65. The summed E-state index contributed by atoms with van der Waals surface area (Å²) in [6.45, 7) is 4.17. The zero-order valence-corrected chi connectivity index (χ0v) is 16.8. The molecule has 8 nitrogen and oxygen atoms in total. The van der Waals surface area contributed by atoms with Crippen molar-refractivity contribution < 1.29 is 14.1 Å². The summed E-state index contributed by atoms with van der Waals surface area (Å²) in [6, 6.07) is 12.6. The highest BCUT2D eigenvalue weighted by Crippen LogP contribution is 2.27. The number of carbonyl (C=O) groups excluding carboxylic acids is 1. The summed E-state index contributed by atoms with van der Waals surface area (Å²) in [4.78, 5) is 23.7. The number of hydrogen-bond acceptors (Lipinski definition) is 7. The minimum Gasteiger partial charge on any atom is -0.472 e. The number of aromatic nitrogens is 3. The number of hydrogen-bond donors (Lipinski definition) is 0. The standard InChI is InChI=1S/C22H21N5O3/c1-14-7-8-17(29-20-11-16(12-23)9-10-24-20)13-27(14)22(28)19-6-4-3-5-18(19)21-25-15(2)30-26-21/h3-6,9-11,14,17H,7-8,13H2,1-2H3. The van der Waals surface area contributed by atoms with E-state index >= 15 is 0 Å². The van der Waals surface area contributed by atoms with Crippen LogP contribution in [0.3, 0.4) is 0 Å². The van der Waals surface area contributed by atoms with Crippen LogP contribution in [0.25, 0.3) is 11.4 Å². The van der Waals surface area contributed by atoms with Crippen molar-refractivity contribution in [1.82, 2.24) is 20.0 Å². The van der Waals surface area contributed by atoms with Gasteiger partial charge in [0.1, 0.15) is 6.10 Å². The normalized spacial score (nSPS) is 18.6. The molecule has 0 radical (unpaired) electrons. The molecule has 1 aromatic carbocycles. The number of amides is 1. The molecule has 2 aromatic heterocycles. The molecule has 1 amide bonds. The molecule has 1 aliphatic rings. The smallest absolute Gasteiger partial charge is 0.254 e. The Morgan fingerprint density at radius 1 is 1.30 bits per heavy atom. The van der Waals surface area contributed by atoms with Gasteiger partial charge in [-0.1, -0.05) is 23.4 Å². The number of benzene rings is 1. The molecule has 2 unspecified atom stereocenters. The lowest BCUT2D eigenvalue weighted by Gasteiger charge is -2.38. The zero-order valence-electron chi connectivity index (χ0n) is 16.8. The zero-order chi connectivity index (χ0) is 21.1. The van der Waals surface area contributed by atoms with E-state index in [0.717, 1.165) is 12.8 Å². The molecule has 3 aromatic rings. The molecule has 1 saturated heterocycles. The largest absolute Gasteiger partial charge is 0.472 e. The van der Waals surface area contributed by atoms with Crippen molar-refractivity contribution in [3.63, 3.8) is 0 Å². The summed E-state index contributed by atoms with van der Waals surface area (Å²) < 4.78 is 11.1. The van der Waals surface area contributed by atoms with E-state index in [0.29, 0.717) is 40.8 Å². The predicted octanol–water partition coefficient (Wildman–Crippen LogP) is 3.38. The van der Waals surface area contributed by atoms with Crippen LogP contribution < -0.4 is 4.74 Å². The fraction of sp³-hybridized carbons (Fsp3) is 0.318. The van der Waals surface area contributed by atoms with Gasteiger partial charge in [0.15, 0.2) is 0 Å². The molecule has 1 fully saturated rings. The van der Waals surface area contributed by atoms with Crippen LogP contribution in [0.1, 0.15) is 41.6 Å². The number of carbonyl (C=O) groups is 1. The molecule has 30 heavy (non-hydrogen) atoms. The van der Waals surface area contributed by atoms with E-state index in [1.54, 1.807) is 31.3 Å². The van der Waals surface area contributed by atoms with Gasteiger partial charge in [-0.2, -0.15) is 10.2 Å². The van der Waals surface area contributed by atoms with Crippen LogP contribution in [-0.4, -0.2) is 44.6 Å². The molecule has 0 aliphatic carbocycles. The second-order valence-electron chi connectivity index (χ2n) is 7.30. The van der Waals surface area contributed by atoms with Crippen molar-refractivity contribution in [3.8, 4) is 23.3 Å². The van der Waals surface area contributed by atoms with E-state index in [1.165, 1.54) is 0 Å². The van der Waals surface area contributed by atoms with Gasteiger partial charge >= 0.3 is 0 Å². The second kappa shape index (κ2) is 8.33. The number of ether oxygens (including phenoxy) is 1. The molecule has 0 spiro atoms.